The third kappa shape index (κ3) is 4.08. The number of hydrogen-bond donors (Lipinski definition) is 0. The largest absolute Gasteiger partial charge is 0.340 e. The van der Waals surface area contributed by atoms with Crippen LogP contribution >= 0.6 is 0 Å². The van der Waals surface area contributed by atoms with E-state index in [1.165, 1.54) is 22.5 Å². The number of halogens is 1. The molecule has 1 aromatic heterocycles. The SMILES string of the molecule is O=C(CCc1cccnc1)N1CCN(S(=O)(=O)c2ccccc2F)CC1. The number of sulfonamides is 1. The molecule has 0 aliphatic carbocycles. The van der Waals surface area contributed by atoms with Gasteiger partial charge in [-0.1, -0.05) is 18.2 Å². The number of aryl methyl sites for hydroxylation is 1. The number of amides is 1. The molecule has 1 amide bonds. The van der Waals surface area contributed by atoms with Crippen LogP contribution in [-0.4, -0.2) is 54.7 Å². The van der Waals surface area contributed by atoms with Crippen LogP contribution in [0.5, 0.6) is 0 Å². The number of benzene rings is 1. The number of pyridine rings is 1. The monoisotopic (exact) mass is 377 g/mol. The molecule has 1 saturated heterocycles. The number of hydrogen-bond acceptors (Lipinski definition) is 4. The van der Waals surface area contributed by atoms with Crippen molar-refractivity contribution in [2.45, 2.75) is 17.7 Å². The van der Waals surface area contributed by atoms with Crippen LogP contribution in [0.15, 0.2) is 53.7 Å². The van der Waals surface area contributed by atoms with Gasteiger partial charge >= 0.3 is 0 Å². The smallest absolute Gasteiger partial charge is 0.246 e. The van der Waals surface area contributed by atoms with E-state index in [1.807, 2.05) is 12.1 Å². The predicted molar refractivity (Wildman–Crippen MR) is 94.3 cm³/mol. The van der Waals surface area contributed by atoms with Crippen LogP contribution in [0.2, 0.25) is 0 Å². The van der Waals surface area contributed by atoms with Crippen LogP contribution in [0, 0.1) is 5.82 Å². The highest BCUT2D eigenvalue weighted by molar-refractivity contribution is 7.89. The average molecular weight is 377 g/mol. The zero-order chi connectivity index (χ0) is 18.6. The highest BCUT2D eigenvalue weighted by Gasteiger charge is 2.31. The molecule has 0 bridgehead atoms. The van der Waals surface area contributed by atoms with Crippen molar-refractivity contribution >= 4 is 15.9 Å². The van der Waals surface area contributed by atoms with E-state index in [0.29, 0.717) is 25.9 Å². The molecule has 3 rings (SSSR count). The Morgan fingerprint density at radius 1 is 1.08 bits per heavy atom. The van der Waals surface area contributed by atoms with Crippen LogP contribution in [0.25, 0.3) is 0 Å². The fourth-order valence-corrected chi connectivity index (χ4v) is 4.41. The zero-order valence-corrected chi connectivity index (χ0v) is 15.0. The van der Waals surface area contributed by atoms with Crippen LogP contribution in [-0.2, 0) is 21.2 Å². The number of piperazine rings is 1. The molecule has 1 aromatic carbocycles. The molecule has 1 aliphatic heterocycles. The fraction of sp³-hybridized carbons (Fsp3) is 0.333. The van der Waals surface area contributed by atoms with Crippen molar-refractivity contribution in [1.82, 2.24) is 14.2 Å². The van der Waals surface area contributed by atoms with Crippen LogP contribution in [0.3, 0.4) is 0 Å². The van der Waals surface area contributed by atoms with Gasteiger partial charge in [0, 0.05) is 45.0 Å². The summed E-state index contributed by atoms with van der Waals surface area (Å²) in [5, 5.41) is 0. The quantitative estimate of drug-likeness (QED) is 0.795. The van der Waals surface area contributed by atoms with Crippen molar-refractivity contribution in [3.05, 3.63) is 60.2 Å². The van der Waals surface area contributed by atoms with E-state index in [9.17, 15) is 17.6 Å². The summed E-state index contributed by atoms with van der Waals surface area (Å²) in [5.41, 5.74) is 0.988. The fourth-order valence-electron chi connectivity index (χ4n) is 2.93. The number of carbonyl (C=O) groups is 1. The lowest BCUT2D eigenvalue weighted by Gasteiger charge is -2.34. The van der Waals surface area contributed by atoms with Crippen LogP contribution in [0.1, 0.15) is 12.0 Å². The Morgan fingerprint density at radius 3 is 2.46 bits per heavy atom. The van der Waals surface area contributed by atoms with E-state index in [-0.39, 0.29) is 23.9 Å². The molecule has 6 nitrogen and oxygen atoms in total. The Balaban J connectivity index is 1.57. The molecule has 0 unspecified atom stereocenters. The van der Waals surface area contributed by atoms with Gasteiger partial charge in [-0.15, -0.1) is 0 Å². The van der Waals surface area contributed by atoms with Gasteiger partial charge in [-0.3, -0.25) is 9.78 Å². The molecule has 2 heterocycles. The molecule has 8 heteroatoms. The number of rotatable bonds is 5. The van der Waals surface area contributed by atoms with E-state index in [2.05, 4.69) is 4.98 Å². The first-order valence-corrected chi connectivity index (χ1v) is 9.84. The number of aromatic nitrogens is 1. The second-order valence-electron chi connectivity index (χ2n) is 6.08. The number of carbonyl (C=O) groups excluding carboxylic acids is 1. The molecule has 2 aromatic rings. The summed E-state index contributed by atoms with van der Waals surface area (Å²) in [7, 11) is -3.88. The number of nitrogens with zero attached hydrogens (tertiary/aromatic N) is 3. The van der Waals surface area contributed by atoms with Crippen molar-refractivity contribution in [1.29, 1.82) is 0 Å². The van der Waals surface area contributed by atoms with Gasteiger partial charge in [0.05, 0.1) is 0 Å². The molecule has 26 heavy (non-hydrogen) atoms. The molecular weight excluding hydrogens is 357 g/mol. The summed E-state index contributed by atoms with van der Waals surface area (Å²) in [6, 6.07) is 9.08. The van der Waals surface area contributed by atoms with Crippen molar-refractivity contribution in [3.8, 4) is 0 Å². The van der Waals surface area contributed by atoms with Crippen molar-refractivity contribution in [3.63, 3.8) is 0 Å². The highest BCUT2D eigenvalue weighted by Crippen LogP contribution is 2.20. The summed E-state index contributed by atoms with van der Waals surface area (Å²) >= 11 is 0. The molecular formula is C18H20FN3O3S. The summed E-state index contributed by atoms with van der Waals surface area (Å²) < 4.78 is 40.2. The molecule has 1 aliphatic rings. The topological polar surface area (TPSA) is 70.6 Å². The minimum absolute atomic E-state index is 0.0169. The zero-order valence-electron chi connectivity index (χ0n) is 14.2. The molecule has 0 N–H and O–H groups in total. The first-order valence-electron chi connectivity index (χ1n) is 8.40. The maximum atomic E-state index is 13.8. The Bertz CT molecular complexity index is 866. The third-order valence-corrected chi connectivity index (χ3v) is 6.33. The third-order valence-electron chi connectivity index (χ3n) is 4.40. The van der Waals surface area contributed by atoms with E-state index < -0.39 is 15.8 Å². The summed E-state index contributed by atoms with van der Waals surface area (Å²) in [4.78, 5) is 17.7. The normalized spacial score (nSPS) is 15.8. The predicted octanol–water partition coefficient (Wildman–Crippen LogP) is 1.69. The second kappa shape index (κ2) is 7.92. The Kier molecular flexibility index (Phi) is 5.63. The average Bonchev–Trinajstić information content (AvgIpc) is 2.67. The van der Waals surface area contributed by atoms with Gasteiger partial charge in [0.2, 0.25) is 15.9 Å². The first kappa shape index (κ1) is 18.5. The first-order chi connectivity index (χ1) is 12.5. The van der Waals surface area contributed by atoms with E-state index >= 15 is 0 Å². The molecule has 0 spiro atoms. The Labute approximate surface area is 152 Å². The van der Waals surface area contributed by atoms with E-state index in [0.717, 1.165) is 11.6 Å². The minimum Gasteiger partial charge on any atom is -0.340 e. The van der Waals surface area contributed by atoms with Crippen LogP contribution in [0.4, 0.5) is 4.39 Å². The maximum Gasteiger partial charge on any atom is 0.246 e. The lowest BCUT2D eigenvalue weighted by Crippen LogP contribution is -2.50. The summed E-state index contributed by atoms with van der Waals surface area (Å²) in [5.74, 6) is -0.778. The molecule has 0 radical (unpaired) electrons. The van der Waals surface area contributed by atoms with Gasteiger partial charge in [-0.05, 0) is 30.2 Å². The van der Waals surface area contributed by atoms with Gasteiger partial charge in [0.25, 0.3) is 0 Å². The van der Waals surface area contributed by atoms with Crippen molar-refractivity contribution in [2.75, 3.05) is 26.2 Å². The highest BCUT2D eigenvalue weighted by atomic mass is 32.2. The second-order valence-corrected chi connectivity index (χ2v) is 7.98. The van der Waals surface area contributed by atoms with Gasteiger partial charge in [0.1, 0.15) is 10.7 Å². The minimum atomic E-state index is -3.88. The molecule has 0 saturated carbocycles. The van der Waals surface area contributed by atoms with E-state index in [1.54, 1.807) is 17.3 Å². The standard InChI is InChI=1S/C18H20FN3O3S/c19-16-5-1-2-6-17(16)26(24,25)22-12-10-21(11-13-22)18(23)8-7-15-4-3-9-20-14-15/h1-6,9,14H,7-8,10-13H2. The lowest BCUT2D eigenvalue weighted by atomic mass is 10.1. The Hall–Kier alpha value is -2.32. The molecule has 0 atom stereocenters. The van der Waals surface area contributed by atoms with Gasteiger partial charge in [-0.2, -0.15) is 4.31 Å². The van der Waals surface area contributed by atoms with Crippen molar-refractivity contribution < 1.29 is 17.6 Å². The van der Waals surface area contributed by atoms with E-state index in [4.69, 9.17) is 0 Å². The Morgan fingerprint density at radius 2 is 1.81 bits per heavy atom. The summed E-state index contributed by atoms with van der Waals surface area (Å²) in [6.45, 7) is 0.934. The lowest BCUT2D eigenvalue weighted by molar-refractivity contribution is -0.132. The molecule has 138 valence electrons. The van der Waals surface area contributed by atoms with Crippen molar-refractivity contribution in [2.24, 2.45) is 0 Å². The maximum absolute atomic E-state index is 13.8. The van der Waals surface area contributed by atoms with Crippen LogP contribution < -0.4 is 0 Å². The van der Waals surface area contributed by atoms with Gasteiger partial charge < -0.3 is 4.90 Å². The van der Waals surface area contributed by atoms with Gasteiger partial charge in [0.15, 0.2) is 0 Å². The molecule has 1 fully saturated rings. The van der Waals surface area contributed by atoms with Gasteiger partial charge in [-0.25, -0.2) is 12.8 Å². The summed E-state index contributed by atoms with van der Waals surface area (Å²) in [6.07, 6.45) is 4.36.